The highest BCUT2D eigenvalue weighted by Crippen LogP contribution is 2.40. The number of nitrogens with zero attached hydrogens (tertiary/aromatic N) is 3. The number of pyridine rings is 2. The maximum absolute atomic E-state index is 13.5. The van der Waals surface area contributed by atoms with Gasteiger partial charge in [-0.05, 0) is 24.6 Å². The Morgan fingerprint density at radius 1 is 1.12 bits per heavy atom. The van der Waals surface area contributed by atoms with E-state index >= 15 is 0 Å². The lowest BCUT2D eigenvalue weighted by Gasteiger charge is -2.06. The molecule has 0 fully saturated rings. The Balaban J connectivity index is 2.11. The van der Waals surface area contributed by atoms with Crippen molar-refractivity contribution in [1.82, 2.24) is 4.98 Å². The normalized spacial score (nSPS) is 11.1. The zero-order valence-electron chi connectivity index (χ0n) is 13.2. The van der Waals surface area contributed by atoms with Gasteiger partial charge in [-0.15, -0.1) is 4.98 Å². The van der Waals surface area contributed by atoms with Crippen molar-refractivity contribution < 1.29 is 8.96 Å². The van der Waals surface area contributed by atoms with E-state index in [4.69, 9.17) is 6.57 Å². The van der Waals surface area contributed by atoms with Gasteiger partial charge in [0.25, 0.3) is 5.82 Å². The standard InChI is InChI=1S/C19H13FN3S/c1-11-4-6-13-14-7-9-16(21-2)22-19(14)24-18(13)17(11)15-8-5-12(20)10-23(15)3/h4-10H,1,3H3/q+1. The summed E-state index contributed by atoms with van der Waals surface area (Å²) >= 11 is 1.58. The Labute approximate surface area is 142 Å². The molecule has 1 aromatic carbocycles. The molecule has 0 amide bonds. The van der Waals surface area contributed by atoms with Crippen molar-refractivity contribution in [2.24, 2.45) is 7.05 Å². The van der Waals surface area contributed by atoms with Crippen molar-refractivity contribution in [2.75, 3.05) is 0 Å². The number of hydrogen-bond acceptors (Lipinski definition) is 2. The van der Waals surface area contributed by atoms with Gasteiger partial charge >= 0.3 is 0 Å². The molecule has 3 nitrogen and oxygen atoms in total. The number of fused-ring (bicyclic) bond motifs is 3. The summed E-state index contributed by atoms with van der Waals surface area (Å²) in [6.45, 7) is 9.20. The van der Waals surface area contributed by atoms with Crippen LogP contribution in [-0.4, -0.2) is 4.98 Å². The monoisotopic (exact) mass is 334 g/mol. The van der Waals surface area contributed by atoms with Crippen LogP contribution in [0.1, 0.15) is 5.56 Å². The minimum atomic E-state index is -0.259. The van der Waals surface area contributed by atoms with E-state index in [1.807, 2.05) is 13.1 Å². The fraction of sp³-hybridized carbons (Fsp3) is 0.105. The largest absolute Gasteiger partial charge is 0.361 e. The van der Waals surface area contributed by atoms with Crippen LogP contribution in [-0.2, 0) is 7.05 Å². The molecule has 0 aliphatic carbocycles. The van der Waals surface area contributed by atoms with Gasteiger partial charge in [0.2, 0.25) is 16.7 Å². The molecule has 0 atom stereocenters. The molecule has 3 heterocycles. The molecular weight excluding hydrogens is 321 g/mol. The van der Waals surface area contributed by atoms with E-state index in [2.05, 4.69) is 28.9 Å². The minimum absolute atomic E-state index is 0.259. The van der Waals surface area contributed by atoms with E-state index in [9.17, 15) is 4.39 Å². The van der Waals surface area contributed by atoms with Gasteiger partial charge < -0.3 is 4.85 Å². The van der Waals surface area contributed by atoms with Crippen LogP contribution in [0.3, 0.4) is 0 Å². The molecule has 0 N–H and O–H groups in total. The van der Waals surface area contributed by atoms with Crippen molar-refractivity contribution in [2.45, 2.75) is 6.92 Å². The first-order chi connectivity index (χ1) is 11.6. The fourth-order valence-corrected chi connectivity index (χ4v) is 4.30. The first kappa shape index (κ1) is 14.7. The second-order valence-corrected chi connectivity index (χ2v) is 6.71. The molecule has 4 aromatic rings. The second kappa shape index (κ2) is 5.36. The molecule has 0 aliphatic heterocycles. The van der Waals surface area contributed by atoms with Crippen LogP contribution < -0.4 is 4.57 Å². The average molecular weight is 334 g/mol. The number of aryl methyl sites for hydroxylation is 2. The molecule has 0 aliphatic rings. The Kier molecular flexibility index (Phi) is 3.29. The summed E-state index contributed by atoms with van der Waals surface area (Å²) in [6.07, 6.45) is 1.48. The van der Waals surface area contributed by atoms with E-state index in [1.54, 1.807) is 28.0 Å². The molecule has 4 rings (SSSR count). The number of thiophene rings is 1. The third-order valence-electron chi connectivity index (χ3n) is 4.17. The molecular formula is C19H13FN3S+. The van der Waals surface area contributed by atoms with E-state index < -0.39 is 0 Å². The van der Waals surface area contributed by atoms with Crippen LogP contribution in [0.5, 0.6) is 0 Å². The van der Waals surface area contributed by atoms with Crippen molar-refractivity contribution in [1.29, 1.82) is 0 Å². The number of halogens is 1. The van der Waals surface area contributed by atoms with Crippen LogP contribution in [0.25, 0.3) is 36.4 Å². The van der Waals surface area contributed by atoms with Crippen LogP contribution in [0.2, 0.25) is 0 Å². The van der Waals surface area contributed by atoms with Gasteiger partial charge in [0, 0.05) is 16.8 Å². The minimum Gasteiger partial charge on any atom is -0.361 e. The highest BCUT2D eigenvalue weighted by Gasteiger charge is 2.20. The Hall–Kier alpha value is -2.84. The maximum Gasteiger partial charge on any atom is 0.271 e. The second-order valence-electron chi connectivity index (χ2n) is 5.71. The highest BCUT2D eigenvalue weighted by molar-refractivity contribution is 7.26. The van der Waals surface area contributed by atoms with Gasteiger partial charge in [0.15, 0.2) is 5.82 Å². The zero-order valence-corrected chi connectivity index (χ0v) is 14.0. The number of benzene rings is 1. The summed E-state index contributed by atoms with van der Waals surface area (Å²) in [7, 11) is 1.85. The molecule has 5 heteroatoms. The number of rotatable bonds is 1. The van der Waals surface area contributed by atoms with Crippen LogP contribution in [0.4, 0.5) is 10.2 Å². The van der Waals surface area contributed by atoms with Gasteiger partial charge in [-0.2, -0.15) is 4.57 Å². The van der Waals surface area contributed by atoms with E-state index in [0.717, 1.165) is 37.1 Å². The van der Waals surface area contributed by atoms with Gasteiger partial charge in [0.05, 0.1) is 10.3 Å². The fourth-order valence-electron chi connectivity index (χ4n) is 3.02. The van der Waals surface area contributed by atoms with Crippen molar-refractivity contribution in [3.63, 3.8) is 0 Å². The third-order valence-corrected chi connectivity index (χ3v) is 5.30. The molecule has 0 radical (unpaired) electrons. The molecule has 0 spiro atoms. The van der Waals surface area contributed by atoms with Gasteiger partial charge in [-0.1, -0.05) is 36.1 Å². The quantitative estimate of drug-likeness (QED) is 0.357. The summed E-state index contributed by atoms with van der Waals surface area (Å²) in [5.41, 5.74) is 3.17. The first-order valence-corrected chi connectivity index (χ1v) is 8.26. The first-order valence-electron chi connectivity index (χ1n) is 7.44. The topological polar surface area (TPSA) is 21.1 Å². The lowest BCUT2D eigenvalue weighted by Crippen LogP contribution is -2.31. The van der Waals surface area contributed by atoms with Crippen molar-refractivity contribution >= 4 is 37.5 Å². The summed E-state index contributed by atoms with van der Waals surface area (Å²) in [4.78, 5) is 8.70. The molecule has 24 heavy (non-hydrogen) atoms. The maximum atomic E-state index is 13.5. The third kappa shape index (κ3) is 2.15. The van der Waals surface area contributed by atoms with Crippen LogP contribution >= 0.6 is 11.3 Å². The Morgan fingerprint density at radius 3 is 2.67 bits per heavy atom. The summed E-state index contributed by atoms with van der Waals surface area (Å²) < 4.78 is 16.4. The smallest absolute Gasteiger partial charge is 0.271 e. The predicted octanol–water partition coefficient (Wildman–Crippen LogP) is 4.94. The SMILES string of the molecule is [C-]#[N+]c1ccc2c(n1)sc1c(-c3ccc(F)c[n+]3C)c(C)ccc12. The Morgan fingerprint density at radius 2 is 1.92 bits per heavy atom. The van der Waals surface area contributed by atoms with E-state index in [-0.39, 0.29) is 5.82 Å². The average Bonchev–Trinajstić information content (AvgIpc) is 2.93. The van der Waals surface area contributed by atoms with Crippen molar-refractivity contribution in [3.05, 3.63) is 65.4 Å². The molecule has 3 aromatic heterocycles. The van der Waals surface area contributed by atoms with E-state index in [0.29, 0.717) is 5.82 Å². The lowest BCUT2D eigenvalue weighted by atomic mass is 10.0. The number of hydrogen-bond donors (Lipinski definition) is 0. The molecule has 0 bridgehead atoms. The summed E-state index contributed by atoms with van der Waals surface area (Å²) in [5, 5.41) is 2.16. The van der Waals surface area contributed by atoms with Crippen molar-refractivity contribution in [3.8, 4) is 11.3 Å². The molecule has 0 saturated heterocycles. The molecule has 116 valence electrons. The zero-order chi connectivity index (χ0) is 16.8. The number of aromatic nitrogens is 2. The molecule has 0 unspecified atom stereocenters. The summed E-state index contributed by atoms with van der Waals surface area (Å²) in [5.74, 6) is 0.144. The van der Waals surface area contributed by atoms with Crippen LogP contribution in [0, 0.1) is 19.3 Å². The Bertz CT molecular complexity index is 1150. The molecule has 0 saturated carbocycles. The van der Waals surface area contributed by atoms with Gasteiger partial charge in [-0.25, -0.2) is 4.39 Å². The van der Waals surface area contributed by atoms with E-state index in [1.165, 1.54) is 12.3 Å². The predicted molar refractivity (Wildman–Crippen MR) is 94.7 cm³/mol. The summed E-state index contributed by atoms with van der Waals surface area (Å²) in [6, 6.07) is 11.2. The lowest BCUT2D eigenvalue weighted by molar-refractivity contribution is -0.661. The highest BCUT2D eigenvalue weighted by atomic mass is 32.1. The van der Waals surface area contributed by atoms with Gasteiger partial charge in [-0.3, -0.25) is 0 Å². The van der Waals surface area contributed by atoms with Gasteiger partial charge in [0.1, 0.15) is 7.05 Å². The van der Waals surface area contributed by atoms with Crippen LogP contribution in [0.15, 0.2) is 42.6 Å².